The highest BCUT2D eigenvalue weighted by molar-refractivity contribution is 8.00. The minimum Gasteiger partial charge on any atom is -0.387 e. The summed E-state index contributed by atoms with van der Waals surface area (Å²) >= 11 is 1.45. The molecular formula is C10H16FN3O2S. The Morgan fingerprint density at radius 3 is 3.12 bits per heavy atom. The van der Waals surface area contributed by atoms with Crippen molar-refractivity contribution in [3.05, 3.63) is 0 Å². The standard InChI is InChI=1S/C10H16FN3O2S/c1-16-5-6-4-7(11)9(17-6)14-3-2-8(12)13-10(14)15/h6-7,9H,2-5H2,1H3,(H2,12,13,15)/t6?,7-,9+/m0/s1. The van der Waals surface area contributed by atoms with Gasteiger partial charge in [0.25, 0.3) is 0 Å². The van der Waals surface area contributed by atoms with Crippen LogP contribution in [0.25, 0.3) is 0 Å². The summed E-state index contributed by atoms with van der Waals surface area (Å²) in [5, 5.41) is -0.337. The Labute approximate surface area is 104 Å². The molecule has 2 N–H and O–H groups in total. The van der Waals surface area contributed by atoms with E-state index in [1.807, 2.05) is 0 Å². The average molecular weight is 261 g/mol. The highest BCUT2D eigenvalue weighted by Crippen LogP contribution is 2.38. The number of halogens is 1. The first-order valence-electron chi connectivity index (χ1n) is 5.54. The van der Waals surface area contributed by atoms with Gasteiger partial charge in [0.2, 0.25) is 0 Å². The van der Waals surface area contributed by atoms with E-state index in [1.54, 1.807) is 7.11 Å². The Hall–Kier alpha value is -0.820. The Kier molecular flexibility index (Phi) is 3.88. The van der Waals surface area contributed by atoms with Crippen LogP contribution in [0.1, 0.15) is 12.8 Å². The van der Waals surface area contributed by atoms with Crippen molar-refractivity contribution < 1.29 is 13.9 Å². The van der Waals surface area contributed by atoms with E-state index in [0.29, 0.717) is 31.8 Å². The molecule has 0 aromatic rings. The van der Waals surface area contributed by atoms with Crippen LogP contribution in [0, 0.1) is 0 Å². The first-order valence-corrected chi connectivity index (χ1v) is 6.48. The number of alkyl halides is 1. The zero-order valence-electron chi connectivity index (χ0n) is 9.63. The normalized spacial score (nSPS) is 34.0. The molecule has 0 aliphatic carbocycles. The van der Waals surface area contributed by atoms with E-state index in [4.69, 9.17) is 10.5 Å². The zero-order chi connectivity index (χ0) is 12.4. The second-order valence-electron chi connectivity index (χ2n) is 4.18. The van der Waals surface area contributed by atoms with Gasteiger partial charge in [-0.1, -0.05) is 0 Å². The van der Waals surface area contributed by atoms with Crippen molar-refractivity contribution >= 4 is 23.6 Å². The van der Waals surface area contributed by atoms with Crippen LogP contribution in [-0.2, 0) is 4.74 Å². The number of carbonyl (C=O) groups is 1. The lowest BCUT2D eigenvalue weighted by molar-refractivity contribution is 0.162. The van der Waals surface area contributed by atoms with Gasteiger partial charge in [0, 0.05) is 25.3 Å². The molecule has 96 valence electrons. The molecule has 17 heavy (non-hydrogen) atoms. The molecule has 0 aromatic carbocycles. The quantitative estimate of drug-likeness (QED) is 0.822. The number of urea groups is 1. The maximum Gasteiger partial charge on any atom is 0.346 e. The van der Waals surface area contributed by atoms with Gasteiger partial charge in [-0.15, -0.1) is 11.8 Å². The fraction of sp³-hybridized carbons (Fsp3) is 0.800. The third-order valence-electron chi connectivity index (χ3n) is 2.88. The number of nitrogens with zero attached hydrogens (tertiary/aromatic N) is 2. The van der Waals surface area contributed by atoms with Gasteiger partial charge < -0.3 is 15.4 Å². The molecule has 1 saturated heterocycles. The van der Waals surface area contributed by atoms with Gasteiger partial charge >= 0.3 is 6.03 Å². The second kappa shape index (κ2) is 5.22. The summed E-state index contributed by atoms with van der Waals surface area (Å²) in [6, 6.07) is -0.424. The SMILES string of the molecule is COCC1C[C@H](F)[C@H](N2CCC(N)=NC2=O)S1. The van der Waals surface area contributed by atoms with Gasteiger partial charge in [-0.3, -0.25) is 0 Å². The fourth-order valence-electron chi connectivity index (χ4n) is 2.08. The van der Waals surface area contributed by atoms with Crippen LogP contribution in [-0.4, -0.2) is 53.8 Å². The first kappa shape index (κ1) is 12.6. The van der Waals surface area contributed by atoms with Crippen molar-refractivity contribution in [2.45, 2.75) is 29.6 Å². The number of ether oxygens (including phenoxy) is 1. The summed E-state index contributed by atoms with van der Waals surface area (Å²) in [5.74, 6) is 0.332. The van der Waals surface area contributed by atoms with Crippen molar-refractivity contribution in [1.29, 1.82) is 0 Å². The smallest absolute Gasteiger partial charge is 0.346 e. The third-order valence-corrected chi connectivity index (χ3v) is 4.42. The summed E-state index contributed by atoms with van der Waals surface area (Å²) in [7, 11) is 1.60. The van der Waals surface area contributed by atoms with Crippen LogP contribution in [0.5, 0.6) is 0 Å². The predicted molar refractivity (Wildman–Crippen MR) is 64.9 cm³/mol. The Morgan fingerprint density at radius 2 is 2.47 bits per heavy atom. The molecule has 2 aliphatic heterocycles. The lowest BCUT2D eigenvalue weighted by Crippen LogP contribution is -2.45. The topological polar surface area (TPSA) is 67.9 Å². The molecule has 5 nitrogen and oxygen atoms in total. The Bertz CT molecular complexity index is 340. The maximum atomic E-state index is 13.9. The van der Waals surface area contributed by atoms with Gasteiger partial charge in [0.15, 0.2) is 0 Å². The molecule has 0 bridgehead atoms. The predicted octanol–water partition coefficient (Wildman–Crippen LogP) is 0.985. The van der Waals surface area contributed by atoms with E-state index in [0.717, 1.165) is 0 Å². The third kappa shape index (κ3) is 2.71. The van der Waals surface area contributed by atoms with E-state index >= 15 is 0 Å². The highest BCUT2D eigenvalue weighted by atomic mass is 32.2. The van der Waals surface area contributed by atoms with Gasteiger partial charge in [-0.25, -0.2) is 9.18 Å². The summed E-state index contributed by atoms with van der Waals surface area (Å²) in [4.78, 5) is 16.8. The number of rotatable bonds is 3. The zero-order valence-corrected chi connectivity index (χ0v) is 10.5. The van der Waals surface area contributed by atoms with Crippen molar-refractivity contribution in [3.8, 4) is 0 Å². The highest BCUT2D eigenvalue weighted by Gasteiger charge is 2.41. The van der Waals surface area contributed by atoms with E-state index in [-0.39, 0.29) is 5.25 Å². The summed E-state index contributed by atoms with van der Waals surface area (Å²) in [6.07, 6.45) is -0.0741. The van der Waals surface area contributed by atoms with Crippen molar-refractivity contribution in [3.63, 3.8) is 0 Å². The molecule has 0 spiro atoms. The maximum absolute atomic E-state index is 13.9. The number of methoxy groups -OCH3 is 1. The molecule has 2 amide bonds. The number of carbonyl (C=O) groups excluding carboxylic acids is 1. The molecular weight excluding hydrogens is 245 g/mol. The molecule has 2 heterocycles. The lowest BCUT2D eigenvalue weighted by Gasteiger charge is -2.30. The Balaban J connectivity index is 2.01. The number of nitrogens with two attached hydrogens (primary N) is 1. The number of hydrogen-bond acceptors (Lipinski definition) is 4. The number of amidine groups is 1. The second-order valence-corrected chi connectivity index (χ2v) is 5.61. The first-order chi connectivity index (χ1) is 8.11. The molecule has 2 aliphatic rings. The summed E-state index contributed by atoms with van der Waals surface area (Å²) in [6.45, 7) is 0.959. The molecule has 0 radical (unpaired) electrons. The molecule has 7 heteroatoms. The van der Waals surface area contributed by atoms with Crippen LogP contribution >= 0.6 is 11.8 Å². The minimum absolute atomic E-state index is 0.107. The van der Waals surface area contributed by atoms with Crippen molar-refractivity contribution in [2.75, 3.05) is 20.3 Å². The average Bonchev–Trinajstić information content (AvgIpc) is 2.60. The van der Waals surface area contributed by atoms with E-state index in [2.05, 4.69) is 4.99 Å². The van der Waals surface area contributed by atoms with Crippen LogP contribution in [0.3, 0.4) is 0 Å². The van der Waals surface area contributed by atoms with Crippen LogP contribution in [0.4, 0.5) is 9.18 Å². The van der Waals surface area contributed by atoms with Crippen LogP contribution in [0.2, 0.25) is 0 Å². The number of hydrogen-bond donors (Lipinski definition) is 1. The van der Waals surface area contributed by atoms with Crippen LogP contribution in [0.15, 0.2) is 4.99 Å². The number of amides is 2. The van der Waals surface area contributed by atoms with Crippen molar-refractivity contribution in [2.24, 2.45) is 10.7 Å². The monoisotopic (exact) mass is 261 g/mol. The molecule has 3 atom stereocenters. The fourth-order valence-corrected chi connectivity index (χ4v) is 3.61. The molecule has 1 unspecified atom stereocenters. The van der Waals surface area contributed by atoms with E-state index in [1.165, 1.54) is 16.7 Å². The molecule has 0 aromatic heterocycles. The minimum atomic E-state index is -1.02. The summed E-state index contributed by atoms with van der Waals surface area (Å²) < 4.78 is 18.9. The van der Waals surface area contributed by atoms with Gasteiger partial charge in [-0.05, 0) is 6.42 Å². The van der Waals surface area contributed by atoms with Crippen LogP contribution < -0.4 is 5.73 Å². The van der Waals surface area contributed by atoms with E-state index in [9.17, 15) is 9.18 Å². The lowest BCUT2D eigenvalue weighted by atomic mass is 10.2. The van der Waals surface area contributed by atoms with Crippen molar-refractivity contribution in [1.82, 2.24) is 4.90 Å². The van der Waals surface area contributed by atoms with E-state index < -0.39 is 17.6 Å². The molecule has 2 rings (SSSR count). The van der Waals surface area contributed by atoms with Gasteiger partial charge in [0.05, 0.1) is 6.61 Å². The molecule has 1 fully saturated rings. The van der Waals surface area contributed by atoms with Gasteiger partial charge in [0.1, 0.15) is 17.4 Å². The molecule has 0 saturated carbocycles. The van der Waals surface area contributed by atoms with Gasteiger partial charge in [-0.2, -0.15) is 4.99 Å². The number of thioether (sulfide) groups is 1. The largest absolute Gasteiger partial charge is 0.387 e. The Morgan fingerprint density at radius 1 is 1.71 bits per heavy atom. The number of aliphatic imine (C=N–C) groups is 1. The summed E-state index contributed by atoms with van der Waals surface area (Å²) in [5.41, 5.74) is 5.48.